The Morgan fingerprint density at radius 3 is 2.15 bits per heavy atom. The molecule has 0 atom stereocenters. The first-order valence-corrected chi connectivity index (χ1v) is 13.4. The van der Waals surface area contributed by atoms with E-state index in [1.165, 1.54) is 57.8 Å². The third-order valence-electron chi connectivity index (χ3n) is 6.65. The number of ether oxygens (including phenoxy) is 1. The third kappa shape index (κ3) is 7.72. The zero-order chi connectivity index (χ0) is 24.0. The van der Waals surface area contributed by atoms with Crippen LogP contribution in [0.4, 0.5) is 5.69 Å². The third-order valence-corrected chi connectivity index (χ3v) is 6.65. The van der Waals surface area contributed by atoms with Gasteiger partial charge in [-0.1, -0.05) is 94.7 Å². The molecule has 1 heterocycles. The fourth-order valence-electron chi connectivity index (χ4n) is 4.66. The van der Waals surface area contributed by atoms with Gasteiger partial charge in [0.2, 0.25) is 0 Å². The zero-order valence-corrected chi connectivity index (χ0v) is 20.9. The molecule has 4 heteroatoms. The maximum absolute atomic E-state index is 12.7. The molecule has 0 spiro atoms. The monoisotopic (exact) mass is 463 g/mol. The predicted molar refractivity (Wildman–Crippen MR) is 141 cm³/mol. The highest BCUT2D eigenvalue weighted by atomic mass is 16.5. The van der Waals surface area contributed by atoms with E-state index in [0.717, 1.165) is 42.1 Å². The fourth-order valence-corrected chi connectivity index (χ4v) is 4.66. The summed E-state index contributed by atoms with van der Waals surface area (Å²) < 4.78 is 5.43. The maximum atomic E-state index is 12.7. The Hall–Kier alpha value is -2.62. The van der Waals surface area contributed by atoms with Crippen LogP contribution >= 0.6 is 0 Å². The van der Waals surface area contributed by atoms with Gasteiger partial charge in [-0.3, -0.25) is 14.5 Å². The number of allylic oxidation sites excluding steroid dienone is 2. The van der Waals surface area contributed by atoms with Gasteiger partial charge >= 0.3 is 5.97 Å². The number of hydrogen-bond acceptors (Lipinski definition) is 3. The first-order chi connectivity index (χ1) is 16.7. The molecule has 184 valence electrons. The van der Waals surface area contributed by atoms with Gasteiger partial charge in [0.05, 0.1) is 5.69 Å². The van der Waals surface area contributed by atoms with Crippen LogP contribution in [0.2, 0.25) is 0 Å². The zero-order valence-electron chi connectivity index (χ0n) is 20.9. The Morgan fingerprint density at radius 1 is 0.824 bits per heavy atom. The van der Waals surface area contributed by atoms with E-state index in [9.17, 15) is 9.59 Å². The summed E-state index contributed by atoms with van der Waals surface area (Å²) in [6, 6.07) is 11.6. The molecule has 4 nitrogen and oxygen atoms in total. The second-order valence-corrected chi connectivity index (χ2v) is 9.39. The summed E-state index contributed by atoms with van der Waals surface area (Å²) in [6.45, 7) is 2.24. The Kier molecular flexibility index (Phi) is 11.2. The van der Waals surface area contributed by atoms with E-state index in [1.807, 2.05) is 36.4 Å². The lowest BCUT2D eigenvalue weighted by Gasteiger charge is -2.17. The molecule has 1 amide bonds. The molecule has 2 aromatic carbocycles. The van der Waals surface area contributed by atoms with Gasteiger partial charge in [-0.15, -0.1) is 0 Å². The van der Waals surface area contributed by atoms with E-state index >= 15 is 0 Å². The van der Waals surface area contributed by atoms with Crippen molar-refractivity contribution in [2.24, 2.45) is 0 Å². The number of esters is 1. The largest absolute Gasteiger partial charge is 0.444 e. The van der Waals surface area contributed by atoms with E-state index in [4.69, 9.17) is 4.74 Å². The van der Waals surface area contributed by atoms with Crippen LogP contribution in [-0.4, -0.2) is 18.6 Å². The number of carbonyl (C=O) groups excluding carboxylic acids is 2. The van der Waals surface area contributed by atoms with Crippen molar-refractivity contribution in [3.8, 4) is 0 Å². The van der Waals surface area contributed by atoms with Crippen molar-refractivity contribution in [3.63, 3.8) is 0 Å². The van der Waals surface area contributed by atoms with Crippen LogP contribution < -0.4 is 4.90 Å². The smallest absolute Gasteiger partial charge is 0.307 e. The van der Waals surface area contributed by atoms with Crippen molar-refractivity contribution < 1.29 is 14.3 Å². The normalized spacial score (nSPS) is 12.9. The molecule has 0 fully saturated rings. The van der Waals surface area contributed by atoms with Gasteiger partial charge in [-0.25, -0.2) is 0 Å². The number of amides is 1. The molecule has 34 heavy (non-hydrogen) atoms. The lowest BCUT2D eigenvalue weighted by Crippen LogP contribution is -2.30. The summed E-state index contributed by atoms with van der Waals surface area (Å²) >= 11 is 0. The van der Waals surface area contributed by atoms with Crippen LogP contribution in [0.15, 0.2) is 48.6 Å². The molecule has 0 radical (unpaired) electrons. The van der Waals surface area contributed by atoms with Gasteiger partial charge in [0.1, 0.15) is 0 Å². The predicted octanol–water partition coefficient (Wildman–Crippen LogP) is 8.34. The number of unbranched alkanes of at least 4 members (excludes halogenated alkanes) is 11. The highest BCUT2D eigenvalue weighted by molar-refractivity contribution is 6.24. The molecule has 0 saturated carbocycles. The molecule has 0 bridgehead atoms. The van der Waals surface area contributed by atoms with E-state index in [1.54, 1.807) is 4.90 Å². The number of benzene rings is 2. The van der Waals surface area contributed by atoms with Gasteiger partial charge in [-0.2, -0.15) is 0 Å². The van der Waals surface area contributed by atoms with E-state index in [0.29, 0.717) is 12.0 Å². The summed E-state index contributed by atoms with van der Waals surface area (Å²) in [6.07, 6.45) is 21.1. The minimum Gasteiger partial charge on any atom is -0.444 e. The van der Waals surface area contributed by atoms with Crippen molar-refractivity contribution in [1.82, 2.24) is 0 Å². The Balaban J connectivity index is 1.20. The molecule has 1 aliphatic rings. The van der Waals surface area contributed by atoms with Crippen LogP contribution in [0.5, 0.6) is 0 Å². The molecule has 0 saturated heterocycles. The molecule has 0 aromatic heterocycles. The standard InChI is InChI=1S/C30H41NO3/c1-2-3-4-5-6-7-8-9-10-11-12-13-14-15-16-23-28(32)34-24-31-27-22-18-20-25-19-17-21-26(29(25)27)30(31)33/h9-10,17-22H,2-8,11-16,23-24H2,1H3/b10-9-. The summed E-state index contributed by atoms with van der Waals surface area (Å²) in [5, 5.41) is 1.98. The van der Waals surface area contributed by atoms with Crippen molar-refractivity contribution in [2.75, 3.05) is 11.6 Å². The summed E-state index contributed by atoms with van der Waals surface area (Å²) in [5.41, 5.74) is 1.51. The number of nitrogens with zero attached hydrogens (tertiary/aromatic N) is 1. The average Bonchev–Trinajstić information content (AvgIpc) is 3.13. The highest BCUT2D eigenvalue weighted by Gasteiger charge is 2.30. The highest BCUT2D eigenvalue weighted by Crippen LogP contribution is 2.36. The van der Waals surface area contributed by atoms with Crippen molar-refractivity contribution >= 4 is 28.3 Å². The van der Waals surface area contributed by atoms with Crippen LogP contribution in [0.25, 0.3) is 10.8 Å². The Labute approximate surface area is 205 Å². The van der Waals surface area contributed by atoms with Gasteiger partial charge in [-0.05, 0) is 49.6 Å². The van der Waals surface area contributed by atoms with Crippen LogP contribution in [0.3, 0.4) is 0 Å². The molecule has 0 unspecified atom stereocenters. The van der Waals surface area contributed by atoms with Gasteiger partial charge < -0.3 is 4.74 Å². The van der Waals surface area contributed by atoms with Crippen molar-refractivity contribution in [1.29, 1.82) is 0 Å². The topological polar surface area (TPSA) is 46.6 Å². The minimum atomic E-state index is -0.228. The van der Waals surface area contributed by atoms with E-state index < -0.39 is 0 Å². The Morgan fingerprint density at radius 2 is 1.44 bits per heavy atom. The number of hydrogen-bond donors (Lipinski definition) is 0. The van der Waals surface area contributed by atoms with Crippen LogP contribution in [0.1, 0.15) is 107 Å². The molecule has 0 N–H and O–H groups in total. The SMILES string of the molecule is CCCCCCCC/C=C\CCCCCCCC(=O)OCN1C(=O)c2cccc3cccc1c23. The van der Waals surface area contributed by atoms with Crippen molar-refractivity contribution in [2.45, 2.75) is 96.8 Å². The van der Waals surface area contributed by atoms with Crippen LogP contribution in [0, 0.1) is 0 Å². The van der Waals surface area contributed by atoms with Gasteiger partial charge in [0.25, 0.3) is 5.91 Å². The number of anilines is 1. The first-order valence-electron chi connectivity index (χ1n) is 13.4. The van der Waals surface area contributed by atoms with Crippen molar-refractivity contribution in [3.05, 3.63) is 54.1 Å². The second-order valence-electron chi connectivity index (χ2n) is 9.39. The van der Waals surface area contributed by atoms with E-state index in [2.05, 4.69) is 19.1 Å². The molecule has 1 aliphatic heterocycles. The van der Waals surface area contributed by atoms with Crippen LogP contribution in [-0.2, 0) is 9.53 Å². The lowest BCUT2D eigenvalue weighted by molar-refractivity contribution is -0.143. The van der Waals surface area contributed by atoms with Gasteiger partial charge in [0, 0.05) is 17.4 Å². The molecule has 0 aliphatic carbocycles. The number of rotatable bonds is 17. The summed E-state index contributed by atoms with van der Waals surface area (Å²) in [5.74, 6) is -0.325. The fraction of sp³-hybridized carbons (Fsp3) is 0.533. The second kappa shape index (κ2) is 14.6. The average molecular weight is 464 g/mol. The summed E-state index contributed by atoms with van der Waals surface area (Å²) in [7, 11) is 0. The quantitative estimate of drug-likeness (QED) is 0.134. The van der Waals surface area contributed by atoms with Gasteiger partial charge in [0.15, 0.2) is 6.73 Å². The molecule has 3 rings (SSSR count). The molecular weight excluding hydrogens is 422 g/mol. The lowest BCUT2D eigenvalue weighted by atomic mass is 10.1. The molecular formula is C30H41NO3. The van der Waals surface area contributed by atoms with E-state index in [-0.39, 0.29) is 18.6 Å². The maximum Gasteiger partial charge on any atom is 0.307 e. The Bertz CT molecular complexity index is 944. The first kappa shape index (κ1) is 26.0. The summed E-state index contributed by atoms with van der Waals surface area (Å²) in [4.78, 5) is 26.5. The minimum absolute atomic E-state index is 0.0173. The number of carbonyl (C=O) groups is 2. The molecule has 2 aromatic rings.